The third kappa shape index (κ3) is 3.49. The van der Waals surface area contributed by atoms with Crippen molar-refractivity contribution in [3.8, 4) is 0 Å². The summed E-state index contributed by atoms with van der Waals surface area (Å²) in [6.07, 6.45) is 7.24. The molecule has 106 valence electrons. The van der Waals surface area contributed by atoms with Crippen molar-refractivity contribution in [3.63, 3.8) is 0 Å². The summed E-state index contributed by atoms with van der Waals surface area (Å²) in [5.41, 5.74) is 0. The van der Waals surface area contributed by atoms with Crippen LogP contribution in [0.5, 0.6) is 0 Å². The normalized spacial score (nSPS) is 27.5. The molecule has 0 radical (unpaired) electrons. The van der Waals surface area contributed by atoms with Crippen LogP contribution in [0, 0.1) is 11.8 Å². The van der Waals surface area contributed by atoms with E-state index in [1.807, 2.05) is 4.90 Å². The van der Waals surface area contributed by atoms with Crippen LogP contribution in [0.4, 0.5) is 4.79 Å². The van der Waals surface area contributed by atoms with Crippen LogP contribution in [-0.2, 0) is 4.79 Å². The van der Waals surface area contributed by atoms with Crippen molar-refractivity contribution in [1.82, 2.24) is 10.2 Å². The number of carbonyl (C=O) groups is 2. The number of carbonyl (C=O) groups excluding carboxylic acids is 1. The molecule has 2 N–H and O–H groups in total. The fourth-order valence-corrected chi connectivity index (χ4v) is 2.78. The van der Waals surface area contributed by atoms with Crippen LogP contribution in [0.1, 0.15) is 32.6 Å². The summed E-state index contributed by atoms with van der Waals surface area (Å²) in [5, 5.41) is 11.8. The first kappa shape index (κ1) is 13.9. The van der Waals surface area contributed by atoms with Crippen molar-refractivity contribution in [3.05, 3.63) is 12.2 Å². The van der Waals surface area contributed by atoms with Crippen LogP contribution >= 0.6 is 0 Å². The van der Waals surface area contributed by atoms with Crippen molar-refractivity contribution in [1.29, 1.82) is 0 Å². The number of carboxylic acid groups (broad SMARTS) is 1. The lowest BCUT2D eigenvalue weighted by atomic mass is 9.95. The molecule has 2 aliphatic rings. The van der Waals surface area contributed by atoms with Crippen LogP contribution in [0.15, 0.2) is 12.2 Å². The van der Waals surface area contributed by atoms with E-state index in [1.54, 1.807) is 12.2 Å². The molecule has 2 unspecified atom stereocenters. The van der Waals surface area contributed by atoms with Gasteiger partial charge in [0.2, 0.25) is 0 Å². The number of hydrogen-bond donors (Lipinski definition) is 2. The summed E-state index contributed by atoms with van der Waals surface area (Å²) in [6.45, 7) is 3.81. The first-order valence-corrected chi connectivity index (χ1v) is 7.06. The standard InChI is InChI=1S/C14H22N2O3/c1-2-10-5-7-16(8-6-10)14(19)15-12-4-3-11(9-12)13(17)18/h3-4,10-12H,2,5-9H2,1H3,(H,15,19)(H,17,18). The van der Waals surface area contributed by atoms with Gasteiger partial charge in [-0.15, -0.1) is 0 Å². The van der Waals surface area contributed by atoms with E-state index >= 15 is 0 Å². The van der Waals surface area contributed by atoms with Gasteiger partial charge in [-0.1, -0.05) is 25.5 Å². The highest BCUT2D eigenvalue weighted by molar-refractivity contribution is 5.76. The van der Waals surface area contributed by atoms with Gasteiger partial charge in [-0.25, -0.2) is 4.79 Å². The molecule has 19 heavy (non-hydrogen) atoms. The Kier molecular flexibility index (Phi) is 4.45. The Morgan fingerprint density at radius 1 is 1.32 bits per heavy atom. The van der Waals surface area contributed by atoms with Gasteiger partial charge < -0.3 is 15.3 Å². The third-order valence-electron chi connectivity index (χ3n) is 4.19. The molecular formula is C14H22N2O3. The fourth-order valence-electron chi connectivity index (χ4n) is 2.78. The lowest BCUT2D eigenvalue weighted by Crippen LogP contribution is -2.47. The second-order valence-corrected chi connectivity index (χ2v) is 5.46. The van der Waals surface area contributed by atoms with E-state index < -0.39 is 11.9 Å². The second kappa shape index (κ2) is 6.08. The molecule has 0 saturated carbocycles. The zero-order valence-electron chi connectivity index (χ0n) is 11.3. The van der Waals surface area contributed by atoms with Crippen LogP contribution in [0.2, 0.25) is 0 Å². The molecule has 0 spiro atoms. The topological polar surface area (TPSA) is 69.6 Å². The third-order valence-corrected chi connectivity index (χ3v) is 4.19. The number of hydrogen-bond acceptors (Lipinski definition) is 2. The van der Waals surface area contributed by atoms with Gasteiger partial charge in [-0.3, -0.25) is 4.79 Å². The number of nitrogens with one attached hydrogen (secondary N) is 1. The SMILES string of the molecule is CCC1CCN(C(=O)NC2C=CC(C(=O)O)C2)CC1. The number of amides is 2. The number of carboxylic acids is 1. The van der Waals surface area contributed by atoms with Gasteiger partial charge in [0.15, 0.2) is 0 Å². The highest BCUT2D eigenvalue weighted by Crippen LogP contribution is 2.21. The molecular weight excluding hydrogens is 244 g/mol. The van der Waals surface area contributed by atoms with Crippen molar-refractivity contribution >= 4 is 12.0 Å². The van der Waals surface area contributed by atoms with E-state index in [0.717, 1.165) is 31.8 Å². The zero-order chi connectivity index (χ0) is 13.8. The largest absolute Gasteiger partial charge is 0.481 e. The maximum atomic E-state index is 12.1. The molecule has 0 aromatic heterocycles. The van der Waals surface area contributed by atoms with Crippen molar-refractivity contribution in [2.75, 3.05) is 13.1 Å². The van der Waals surface area contributed by atoms with E-state index in [4.69, 9.17) is 5.11 Å². The highest BCUT2D eigenvalue weighted by Gasteiger charge is 2.28. The van der Waals surface area contributed by atoms with Gasteiger partial charge >= 0.3 is 12.0 Å². The van der Waals surface area contributed by atoms with E-state index in [-0.39, 0.29) is 12.1 Å². The molecule has 0 aromatic rings. The van der Waals surface area contributed by atoms with Gasteiger partial charge in [-0.2, -0.15) is 0 Å². The first-order valence-electron chi connectivity index (χ1n) is 7.06. The van der Waals surface area contributed by atoms with E-state index in [0.29, 0.717) is 6.42 Å². The predicted molar refractivity (Wildman–Crippen MR) is 71.8 cm³/mol. The van der Waals surface area contributed by atoms with E-state index in [2.05, 4.69) is 12.2 Å². The average Bonchev–Trinajstić information content (AvgIpc) is 2.87. The highest BCUT2D eigenvalue weighted by atomic mass is 16.4. The summed E-state index contributed by atoms with van der Waals surface area (Å²) in [6, 6.07) is -0.201. The molecule has 0 aromatic carbocycles. The molecule has 1 fully saturated rings. The monoisotopic (exact) mass is 266 g/mol. The van der Waals surface area contributed by atoms with Gasteiger partial charge in [0.05, 0.1) is 12.0 Å². The Bertz CT molecular complexity index is 373. The predicted octanol–water partition coefficient (Wildman–Crippen LogP) is 1.85. The maximum Gasteiger partial charge on any atom is 0.317 e. The fraction of sp³-hybridized carbons (Fsp3) is 0.714. The van der Waals surface area contributed by atoms with Crippen molar-refractivity contribution in [2.24, 2.45) is 11.8 Å². The number of urea groups is 1. The van der Waals surface area contributed by atoms with Crippen molar-refractivity contribution in [2.45, 2.75) is 38.6 Å². The Hall–Kier alpha value is -1.52. The lowest BCUT2D eigenvalue weighted by Gasteiger charge is -2.32. The minimum absolute atomic E-state index is 0.0600. The molecule has 0 bridgehead atoms. The number of piperidine rings is 1. The average molecular weight is 266 g/mol. The van der Waals surface area contributed by atoms with Crippen LogP contribution in [0.25, 0.3) is 0 Å². The number of aliphatic carboxylic acids is 1. The van der Waals surface area contributed by atoms with Gasteiger partial charge in [0.25, 0.3) is 0 Å². The van der Waals surface area contributed by atoms with Crippen LogP contribution in [0.3, 0.4) is 0 Å². The zero-order valence-corrected chi connectivity index (χ0v) is 11.3. The molecule has 5 nitrogen and oxygen atoms in total. The molecule has 2 rings (SSSR count). The number of nitrogens with zero attached hydrogens (tertiary/aromatic N) is 1. The molecule has 2 amide bonds. The Morgan fingerprint density at radius 2 is 2.00 bits per heavy atom. The van der Waals surface area contributed by atoms with Crippen molar-refractivity contribution < 1.29 is 14.7 Å². The maximum absolute atomic E-state index is 12.1. The summed E-state index contributed by atoms with van der Waals surface area (Å²) < 4.78 is 0. The summed E-state index contributed by atoms with van der Waals surface area (Å²) in [7, 11) is 0. The summed E-state index contributed by atoms with van der Waals surface area (Å²) in [5.74, 6) is -0.542. The van der Waals surface area contributed by atoms with Crippen LogP contribution < -0.4 is 5.32 Å². The van der Waals surface area contributed by atoms with Crippen LogP contribution in [-0.4, -0.2) is 41.1 Å². The molecule has 2 atom stereocenters. The molecule has 1 saturated heterocycles. The molecule has 1 aliphatic heterocycles. The van der Waals surface area contributed by atoms with E-state index in [1.165, 1.54) is 6.42 Å². The van der Waals surface area contributed by atoms with E-state index in [9.17, 15) is 9.59 Å². The molecule has 1 aliphatic carbocycles. The smallest absolute Gasteiger partial charge is 0.317 e. The Balaban J connectivity index is 1.77. The first-order chi connectivity index (χ1) is 9.10. The summed E-state index contributed by atoms with van der Waals surface area (Å²) >= 11 is 0. The Morgan fingerprint density at radius 3 is 2.53 bits per heavy atom. The minimum atomic E-state index is -0.822. The minimum Gasteiger partial charge on any atom is -0.481 e. The second-order valence-electron chi connectivity index (χ2n) is 5.46. The summed E-state index contributed by atoms with van der Waals surface area (Å²) in [4.78, 5) is 24.7. The molecule has 1 heterocycles. The Labute approximate surface area is 113 Å². The van der Waals surface area contributed by atoms with Gasteiger partial charge in [-0.05, 0) is 25.2 Å². The van der Waals surface area contributed by atoms with Gasteiger partial charge in [0, 0.05) is 13.1 Å². The lowest BCUT2D eigenvalue weighted by molar-refractivity contribution is -0.140. The number of rotatable bonds is 3. The van der Waals surface area contributed by atoms with Gasteiger partial charge in [0.1, 0.15) is 0 Å². The number of likely N-dealkylation sites (tertiary alicyclic amines) is 1. The molecule has 5 heteroatoms. The quantitative estimate of drug-likeness (QED) is 0.766.